The van der Waals surface area contributed by atoms with Crippen LogP contribution in [-0.4, -0.2) is 0 Å². The van der Waals surface area contributed by atoms with E-state index in [-0.39, 0.29) is 0 Å². The SMILES string of the molecule is C=Cc1ccsc1/C=C\C. The van der Waals surface area contributed by atoms with Gasteiger partial charge in [0.25, 0.3) is 0 Å². The van der Waals surface area contributed by atoms with Gasteiger partial charge in [-0.2, -0.15) is 0 Å². The molecular formula is C9H10S. The molecule has 0 saturated carbocycles. The highest BCUT2D eigenvalue weighted by Crippen LogP contribution is 2.18. The van der Waals surface area contributed by atoms with Crippen LogP contribution in [0.2, 0.25) is 0 Å². The fourth-order valence-corrected chi connectivity index (χ4v) is 1.65. The summed E-state index contributed by atoms with van der Waals surface area (Å²) in [6, 6.07) is 2.08. The summed E-state index contributed by atoms with van der Waals surface area (Å²) in [5.74, 6) is 0. The van der Waals surface area contributed by atoms with Gasteiger partial charge in [-0.05, 0) is 30.0 Å². The van der Waals surface area contributed by atoms with E-state index in [1.165, 1.54) is 10.4 Å². The van der Waals surface area contributed by atoms with Gasteiger partial charge in [0.05, 0.1) is 0 Å². The van der Waals surface area contributed by atoms with Crippen LogP contribution in [0, 0.1) is 0 Å². The summed E-state index contributed by atoms with van der Waals surface area (Å²) in [6.07, 6.45) is 6.02. The lowest BCUT2D eigenvalue weighted by molar-refractivity contribution is 1.76. The molecule has 0 fully saturated rings. The summed E-state index contributed by atoms with van der Waals surface area (Å²) in [4.78, 5) is 1.29. The van der Waals surface area contributed by atoms with Crippen molar-refractivity contribution in [1.29, 1.82) is 0 Å². The van der Waals surface area contributed by atoms with Crippen molar-refractivity contribution < 1.29 is 0 Å². The van der Waals surface area contributed by atoms with E-state index in [9.17, 15) is 0 Å². The Morgan fingerprint density at radius 2 is 2.40 bits per heavy atom. The standard InChI is InChI=1S/C9H10S/c1-3-5-9-8(4-2)6-7-10-9/h3-7H,2H2,1H3/b5-3-. The van der Waals surface area contributed by atoms with E-state index in [0.717, 1.165) is 0 Å². The Morgan fingerprint density at radius 3 is 3.00 bits per heavy atom. The summed E-state index contributed by atoms with van der Waals surface area (Å²) in [5, 5.41) is 2.08. The molecule has 0 atom stereocenters. The van der Waals surface area contributed by atoms with Crippen LogP contribution in [0.1, 0.15) is 17.4 Å². The third-order valence-electron chi connectivity index (χ3n) is 1.27. The molecule has 0 amide bonds. The number of hydrogen-bond acceptors (Lipinski definition) is 1. The topological polar surface area (TPSA) is 0 Å². The van der Waals surface area contributed by atoms with Crippen molar-refractivity contribution in [2.24, 2.45) is 0 Å². The van der Waals surface area contributed by atoms with E-state index in [4.69, 9.17) is 0 Å². The van der Waals surface area contributed by atoms with E-state index >= 15 is 0 Å². The molecule has 0 aliphatic carbocycles. The van der Waals surface area contributed by atoms with Crippen LogP contribution in [0.4, 0.5) is 0 Å². The lowest BCUT2D eigenvalue weighted by atomic mass is 10.2. The molecule has 1 aromatic rings. The molecule has 1 heteroatoms. The maximum atomic E-state index is 3.72. The van der Waals surface area contributed by atoms with Crippen LogP contribution >= 0.6 is 11.3 Å². The molecule has 0 saturated heterocycles. The molecule has 0 spiro atoms. The zero-order valence-corrected chi connectivity index (χ0v) is 6.82. The molecule has 1 aromatic heterocycles. The van der Waals surface area contributed by atoms with Gasteiger partial charge in [0.2, 0.25) is 0 Å². The largest absolute Gasteiger partial charge is 0.144 e. The van der Waals surface area contributed by atoms with Gasteiger partial charge in [0, 0.05) is 4.88 Å². The molecule has 0 aliphatic rings. The average molecular weight is 150 g/mol. The van der Waals surface area contributed by atoms with Gasteiger partial charge >= 0.3 is 0 Å². The second-order valence-electron chi connectivity index (χ2n) is 1.94. The fraction of sp³-hybridized carbons (Fsp3) is 0.111. The Balaban J connectivity index is 3.00. The number of allylic oxidation sites excluding steroid dienone is 1. The quantitative estimate of drug-likeness (QED) is 0.606. The second kappa shape index (κ2) is 3.37. The minimum atomic E-state index is 1.23. The summed E-state index contributed by atoms with van der Waals surface area (Å²) in [5.41, 5.74) is 1.23. The Bertz CT molecular complexity index is 243. The van der Waals surface area contributed by atoms with Crippen molar-refractivity contribution in [3.05, 3.63) is 34.5 Å². The number of thiophene rings is 1. The normalized spacial score (nSPS) is 10.5. The lowest BCUT2D eigenvalue weighted by Gasteiger charge is -1.86. The zero-order valence-electron chi connectivity index (χ0n) is 6.00. The molecule has 0 radical (unpaired) electrons. The molecule has 1 heterocycles. The van der Waals surface area contributed by atoms with Crippen molar-refractivity contribution in [2.45, 2.75) is 6.92 Å². The predicted molar refractivity (Wildman–Crippen MR) is 49.1 cm³/mol. The number of hydrogen-bond donors (Lipinski definition) is 0. The van der Waals surface area contributed by atoms with E-state index in [0.29, 0.717) is 0 Å². The third-order valence-corrected chi connectivity index (χ3v) is 2.16. The van der Waals surface area contributed by atoms with Crippen LogP contribution in [0.3, 0.4) is 0 Å². The predicted octanol–water partition coefficient (Wildman–Crippen LogP) is 3.42. The Kier molecular flexibility index (Phi) is 2.46. The Morgan fingerprint density at radius 1 is 1.60 bits per heavy atom. The highest BCUT2D eigenvalue weighted by Gasteiger charge is 1.93. The Hall–Kier alpha value is -0.820. The highest BCUT2D eigenvalue weighted by molar-refractivity contribution is 7.11. The monoisotopic (exact) mass is 150 g/mol. The highest BCUT2D eigenvalue weighted by atomic mass is 32.1. The van der Waals surface area contributed by atoms with Crippen molar-refractivity contribution in [3.63, 3.8) is 0 Å². The van der Waals surface area contributed by atoms with Gasteiger partial charge in [-0.25, -0.2) is 0 Å². The van der Waals surface area contributed by atoms with Gasteiger partial charge < -0.3 is 0 Å². The molecular weight excluding hydrogens is 140 g/mol. The van der Waals surface area contributed by atoms with Crippen molar-refractivity contribution in [2.75, 3.05) is 0 Å². The first-order valence-corrected chi connectivity index (χ1v) is 4.09. The van der Waals surface area contributed by atoms with Gasteiger partial charge in [-0.15, -0.1) is 11.3 Å². The number of rotatable bonds is 2. The Labute approximate surface area is 65.5 Å². The molecule has 0 nitrogen and oxygen atoms in total. The summed E-state index contributed by atoms with van der Waals surface area (Å²) in [7, 11) is 0. The van der Waals surface area contributed by atoms with Gasteiger partial charge in [-0.1, -0.05) is 18.7 Å². The maximum absolute atomic E-state index is 3.72. The van der Waals surface area contributed by atoms with E-state index in [1.807, 2.05) is 19.1 Å². The molecule has 0 unspecified atom stereocenters. The fourth-order valence-electron chi connectivity index (χ4n) is 0.786. The summed E-state index contributed by atoms with van der Waals surface area (Å²) in [6.45, 7) is 5.74. The summed E-state index contributed by atoms with van der Waals surface area (Å²) >= 11 is 1.74. The maximum Gasteiger partial charge on any atom is 0.0339 e. The molecule has 1 rings (SSSR count). The van der Waals surface area contributed by atoms with Gasteiger partial charge in [0.15, 0.2) is 0 Å². The second-order valence-corrected chi connectivity index (χ2v) is 2.89. The van der Waals surface area contributed by atoms with Gasteiger partial charge in [-0.3, -0.25) is 0 Å². The third kappa shape index (κ3) is 1.36. The molecule has 10 heavy (non-hydrogen) atoms. The van der Waals surface area contributed by atoms with Crippen LogP contribution in [-0.2, 0) is 0 Å². The smallest absolute Gasteiger partial charge is 0.0339 e. The van der Waals surface area contributed by atoms with Crippen LogP contribution in [0.15, 0.2) is 24.1 Å². The molecule has 0 bridgehead atoms. The first-order valence-electron chi connectivity index (χ1n) is 3.21. The molecule has 0 N–H and O–H groups in total. The first kappa shape index (κ1) is 7.29. The average Bonchev–Trinajstić information content (AvgIpc) is 2.36. The molecule has 0 aliphatic heterocycles. The van der Waals surface area contributed by atoms with E-state index < -0.39 is 0 Å². The zero-order chi connectivity index (χ0) is 7.40. The van der Waals surface area contributed by atoms with Crippen molar-refractivity contribution in [1.82, 2.24) is 0 Å². The summed E-state index contributed by atoms with van der Waals surface area (Å²) < 4.78 is 0. The minimum Gasteiger partial charge on any atom is -0.144 e. The molecule has 0 aromatic carbocycles. The van der Waals surface area contributed by atoms with Crippen molar-refractivity contribution in [3.8, 4) is 0 Å². The van der Waals surface area contributed by atoms with Crippen molar-refractivity contribution >= 4 is 23.5 Å². The van der Waals surface area contributed by atoms with Crippen LogP contribution < -0.4 is 0 Å². The van der Waals surface area contributed by atoms with Crippen LogP contribution in [0.5, 0.6) is 0 Å². The van der Waals surface area contributed by atoms with Crippen LogP contribution in [0.25, 0.3) is 12.2 Å². The first-order chi connectivity index (χ1) is 4.88. The van der Waals surface area contributed by atoms with E-state index in [1.54, 1.807) is 11.3 Å². The minimum absolute atomic E-state index is 1.23. The lowest BCUT2D eigenvalue weighted by Crippen LogP contribution is -1.65. The van der Waals surface area contributed by atoms with Gasteiger partial charge in [0.1, 0.15) is 0 Å². The van der Waals surface area contributed by atoms with E-state index in [2.05, 4.69) is 24.1 Å². The molecule has 52 valence electrons.